The summed E-state index contributed by atoms with van der Waals surface area (Å²) in [5.74, 6) is -4.76. The van der Waals surface area contributed by atoms with Gasteiger partial charge in [-0.3, -0.25) is 24.0 Å². The van der Waals surface area contributed by atoms with Crippen LogP contribution in [0.4, 0.5) is 20.3 Å². The minimum absolute atomic E-state index is 0.00938. The molecule has 1 saturated heterocycles. The zero-order valence-corrected chi connectivity index (χ0v) is 41.8. The lowest BCUT2D eigenvalue weighted by atomic mass is 9.85. The Morgan fingerprint density at radius 1 is 0.972 bits per heavy atom. The Labute approximate surface area is 415 Å². The molecule has 0 saturated carbocycles. The fraction of sp³-hybridized carbons (Fsp3) is 0.440. The molecule has 1 fully saturated rings. The predicted molar refractivity (Wildman–Crippen MR) is 263 cm³/mol. The minimum atomic E-state index is -3.71. The van der Waals surface area contributed by atoms with Gasteiger partial charge in [0.2, 0.25) is 17.7 Å². The van der Waals surface area contributed by atoms with Crippen LogP contribution >= 0.6 is 0 Å². The SMILES string of the molecule is Cc1ccc(CNC(=O)[C@@H]2C[C@@H](O)CN2C(=O)[C@@H](NC(=O)COCCOCCOCCNC(=O)c2cc3c(cc2CS(C)(=O)=O)-c2cn(C)c(=O)c4[nH]cc(c24)CN3c2ncc(F)cc2F)C(C)(C)C)cc1. The van der Waals surface area contributed by atoms with Gasteiger partial charge in [0.05, 0.1) is 63.3 Å². The van der Waals surface area contributed by atoms with Gasteiger partial charge in [-0.15, -0.1) is 0 Å². The Balaban J connectivity index is 0.888. The van der Waals surface area contributed by atoms with E-state index in [0.717, 1.165) is 23.6 Å². The molecule has 72 heavy (non-hydrogen) atoms. The Hall–Kier alpha value is -6.59. The topological polar surface area (TPSA) is 244 Å². The summed E-state index contributed by atoms with van der Waals surface area (Å²) in [5.41, 5.74) is 3.04. The molecule has 4 amide bonds. The molecule has 0 aliphatic carbocycles. The molecule has 0 radical (unpaired) electrons. The molecule has 386 valence electrons. The highest BCUT2D eigenvalue weighted by Crippen LogP contribution is 2.45. The summed E-state index contributed by atoms with van der Waals surface area (Å²) in [6.07, 6.45) is 4.24. The molecule has 0 unspecified atom stereocenters. The maximum absolute atomic E-state index is 15.5. The van der Waals surface area contributed by atoms with E-state index in [1.807, 2.05) is 31.2 Å². The van der Waals surface area contributed by atoms with Crippen LogP contribution in [0.15, 0.2) is 65.8 Å². The van der Waals surface area contributed by atoms with E-state index in [2.05, 4.69) is 25.9 Å². The number of carbonyl (C=O) groups excluding carboxylic acids is 4. The van der Waals surface area contributed by atoms with Crippen molar-refractivity contribution in [3.8, 4) is 11.1 Å². The normalized spacial score (nSPS) is 16.1. The van der Waals surface area contributed by atoms with Crippen LogP contribution in [-0.4, -0.2) is 134 Å². The number of hydrogen-bond acceptors (Lipinski definition) is 13. The van der Waals surface area contributed by atoms with Crippen LogP contribution in [0.3, 0.4) is 0 Å². The van der Waals surface area contributed by atoms with Crippen molar-refractivity contribution in [1.82, 2.24) is 35.4 Å². The molecule has 2 aliphatic rings. The number of ether oxygens (including phenoxy) is 3. The first-order chi connectivity index (χ1) is 34.1. The van der Waals surface area contributed by atoms with Gasteiger partial charge in [0.15, 0.2) is 21.5 Å². The summed E-state index contributed by atoms with van der Waals surface area (Å²) in [6.45, 7) is 7.56. The van der Waals surface area contributed by atoms with Crippen molar-refractivity contribution in [3.63, 3.8) is 0 Å². The number of aromatic amines is 1. The van der Waals surface area contributed by atoms with Gasteiger partial charge < -0.3 is 54.6 Å². The predicted octanol–water partition coefficient (Wildman–Crippen LogP) is 3.30. The van der Waals surface area contributed by atoms with Gasteiger partial charge in [-0.2, -0.15) is 0 Å². The van der Waals surface area contributed by atoms with E-state index in [1.165, 1.54) is 26.5 Å². The van der Waals surface area contributed by atoms with Gasteiger partial charge >= 0.3 is 0 Å². The molecule has 5 N–H and O–H groups in total. The van der Waals surface area contributed by atoms with Gasteiger partial charge in [0, 0.05) is 79.9 Å². The number of β-amino-alcohol motifs (C(OH)–C–C–N with tert-alkyl or cyclic N) is 1. The van der Waals surface area contributed by atoms with Crippen LogP contribution in [-0.2, 0) is 64.3 Å². The fourth-order valence-corrected chi connectivity index (χ4v) is 9.57. The lowest BCUT2D eigenvalue weighted by Crippen LogP contribution is -2.58. The summed E-state index contributed by atoms with van der Waals surface area (Å²) >= 11 is 0. The summed E-state index contributed by atoms with van der Waals surface area (Å²) in [7, 11) is -2.15. The molecule has 0 bridgehead atoms. The molecular formula is C50H60F2N8O11S. The van der Waals surface area contributed by atoms with Gasteiger partial charge in [-0.1, -0.05) is 50.6 Å². The highest BCUT2D eigenvalue weighted by atomic mass is 32.2. The molecule has 2 aliphatic heterocycles. The monoisotopic (exact) mass is 1020 g/mol. The third kappa shape index (κ3) is 12.7. The number of fused-ring (bicyclic) bond motifs is 2. The van der Waals surface area contributed by atoms with Gasteiger partial charge in [-0.25, -0.2) is 22.2 Å². The number of carbonyl (C=O) groups is 4. The number of halogens is 2. The molecule has 7 rings (SSSR count). The zero-order valence-electron chi connectivity index (χ0n) is 41.0. The molecular weight excluding hydrogens is 959 g/mol. The quantitative estimate of drug-likeness (QED) is 0.0704. The molecule has 5 aromatic rings. The maximum atomic E-state index is 15.5. The van der Waals surface area contributed by atoms with Crippen molar-refractivity contribution < 1.29 is 55.7 Å². The van der Waals surface area contributed by atoms with Crippen LogP contribution in [0.5, 0.6) is 0 Å². The Kier molecular flexibility index (Phi) is 16.6. The van der Waals surface area contributed by atoms with Crippen LogP contribution in [0, 0.1) is 24.0 Å². The largest absolute Gasteiger partial charge is 0.391 e. The molecule has 0 spiro atoms. The number of aliphatic hydroxyl groups is 1. The average Bonchev–Trinajstić information content (AvgIpc) is 3.89. The van der Waals surface area contributed by atoms with Crippen molar-refractivity contribution in [2.24, 2.45) is 12.5 Å². The first kappa shape index (κ1) is 53.2. The molecule has 5 heterocycles. The number of aryl methyl sites for hydroxylation is 2. The van der Waals surface area contributed by atoms with Crippen molar-refractivity contribution in [1.29, 1.82) is 0 Å². The third-order valence-corrected chi connectivity index (χ3v) is 13.1. The summed E-state index contributed by atoms with van der Waals surface area (Å²) in [6, 6.07) is 9.39. The number of nitrogens with zero attached hydrogens (tertiary/aromatic N) is 4. The molecule has 3 atom stereocenters. The van der Waals surface area contributed by atoms with Crippen LogP contribution in [0.2, 0.25) is 0 Å². The summed E-state index contributed by atoms with van der Waals surface area (Å²) < 4.78 is 73.1. The Morgan fingerprint density at radius 3 is 2.35 bits per heavy atom. The second kappa shape index (κ2) is 22.4. The third-order valence-electron chi connectivity index (χ3n) is 12.3. The fourth-order valence-electron chi connectivity index (χ4n) is 8.77. The number of anilines is 2. The molecule has 22 heteroatoms. The lowest BCUT2D eigenvalue weighted by molar-refractivity contribution is -0.144. The second-order valence-electron chi connectivity index (χ2n) is 19.2. The number of rotatable bonds is 20. The number of benzene rings is 2. The first-order valence-corrected chi connectivity index (χ1v) is 25.4. The van der Waals surface area contributed by atoms with E-state index in [4.69, 9.17) is 14.2 Å². The Bertz CT molecular complexity index is 3010. The number of aliphatic hydroxyl groups excluding tert-OH is 1. The molecule has 19 nitrogen and oxygen atoms in total. The van der Waals surface area contributed by atoms with E-state index < -0.39 is 74.5 Å². The van der Waals surface area contributed by atoms with Gasteiger partial charge in [-0.05, 0) is 41.2 Å². The zero-order chi connectivity index (χ0) is 52.1. The number of nitrogens with one attached hydrogen (secondary N) is 4. The number of sulfone groups is 1. The van der Waals surface area contributed by atoms with Crippen molar-refractivity contribution in [2.45, 2.75) is 71.1 Å². The standard InChI is InChI=1S/C50H60F2N8O11S/c1-29-7-9-30(10-8-29)21-56-47(64)40-19-34(61)25-60(40)49(66)44(50(2,3)4)57-41(62)27-71-16-15-70-14-13-69-12-11-53-46(63)35-20-39-36(17-31(35)28-72(6,67)68)37-26-58(5)48(65)43-42(37)32(22-54-43)24-59(39)45-38(52)18-33(51)23-55-45/h7-10,17-18,20,22-23,26,34,40,44,54,61H,11-16,19,21,24-25,27-28H2,1-6H3,(H,53,63)(H,56,64)(H,57,62)/t34-,40+,44-/m1/s1. The number of pyridine rings is 2. The highest BCUT2D eigenvalue weighted by Gasteiger charge is 2.44. The highest BCUT2D eigenvalue weighted by molar-refractivity contribution is 7.89. The second-order valence-corrected chi connectivity index (χ2v) is 21.3. The first-order valence-electron chi connectivity index (χ1n) is 23.4. The minimum Gasteiger partial charge on any atom is -0.391 e. The van der Waals surface area contributed by atoms with E-state index in [-0.39, 0.29) is 106 Å². The summed E-state index contributed by atoms with van der Waals surface area (Å²) in [5, 5.41) is 19.3. The van der Waals surface area contributed by atoms with Crippen molar-refractivity contribution >= 4 is 55.9 Å². The number of amides is 4. The van der Waals surface area contributed by atoms with Crippen LogP contribution in [0.1, 0.15) is 59.8 Å². The summed E-state index contributed by atoms with van der Waals surface area (Å²) in [4.78, 5) is 76.9. The average molecular weight is 1020 g/mol. The molecule has 3 aromatic heterocycles. The van der Waals surface area contributed by atoms with E-state index >= 15 is 4.39 Å². The number of hydrogen-bond donors (Lipinski definition) is 5. The number of H-pyrrole nitrogens is 1. The smallest absolute Gasteiger partial charge is 0.274 e. The van der Waals surface area contributed by atoms with Crippen LogP contribution < -0.4 is 26.4 Å². The van der Waals surface area contributed by atoms with E-state index in [1.54, 1.807) is 40.2 Å². The maximum Gasteiger partial charge on any atom is 0.274 e. The van der Waals surface area contributed by atoms with E-state index in [0.29, 0.717) is 28.1 Å². The molecule has 2 aromatic carbocycles. The van der Waals surface area contributed by atoms with Crippen molar-refractivity contribution in [3.05, 3.63) is 111 Å². The Morgan fingerprint density at radius 2 is 1.67 bits per heavy atom. The van der Waals surface area contributed by atoms with Gasteiger partial charge in [0.25, 0.3) is 11.5 Å². The van der Waals surface area contributed by atoms with Crippen molar-refractivity contribution in [2.75, 3.05) is 63.9 Å². The lowest BCUT2D eigenvalue weighted by Gasteiger charge is -2.35. The van der Waals surface area contributed by atoms with Gasteiger partial charge in [0.1, 0.15) is 30.0 Å². The number of likely N-dealkylation sites (tertiary alicyclic amines) is 1. The number of aromatic nitrogens is 3. The van der Waals surface area contributed by atoms with E-state index in [9.17, 15) is 41.9 Å². The van der Waals surface area contributed by atoms with Crippen LogP contribution in [0.25, 0.3) is 22.0 Å².